The van der Waals surface area contributed by atoms with Gasteiger partial charge in [0.25, 0.3) is 5.91 Å². The van der Waals surface area contributed by atoms with Crippen molar-refractivity contribution in [3.05, 3.63) is 93.9 Å². The van der Waals surface area contributed by atoms with Crippen LogP contribution in [0.4, 0.5) is 0 Å². The number of aromatic nitrogens is 3. The van der Waals surface area contributed by atoms with E-state index in [1.165, 1.54) is 18.0 Å². The smallest absolute Gasteiger partial charge is 0.250 e. The first kappa shape index (κ1) is 22.3. The highest BCUT2D eigenvalue weighted by molar-refractivity contribution is 9.10. The molecule has 1 aromatic heterocycles. The van der Waals surface area contributed by atoms with Crippen LogP contribution in [0.15, 0.2) is 93.6 Å². The fraction of sp³-hybridized carbons (Fsp3) is 0.0435. The van der Waals surface area contributed by atoms with E-state index in [9.17, 15) is 4.79 Å². The summed E-state index contributed by atoms with van der Waals surface area (Å²) < 4.78 is 2.91. The van der Waals surface area contributed by atoms with Crippen molar-refractivity contribution in [1.82, 2.24) is 20.2 Å². The van der Waals surface area contributed by atoms with Crippen LogP contribution in [0.2, 0.25) is 5.02 Å². The Kier molecular flexibility index (Phi) is 7.36. The van der Waals surface area contributed by atoms with Crippen molar-refractivity contribution in [3.63, 3.8) is 0 Å². The molecule has 9 heteroatoms. The number of nitrogens with zero attached hydrogens (tertiary/aromatic N) is 4. The maximum atomic E-state index is 12.3. The molecule has 0 spiro atoms. The molecule has 0 fully saturated rings. The topological polar surface area (TPSA) is 72.2 Å². The Labute approximate surface area is 202 Å². The molecule has 32 heavy (non-hydrogen) atoms. The summed E-state index contributed by atoms with van der Waals surface area (Å²) >= 11 is 10.8. The first-order chi connectivity index (χ1) is 15.6. The minimum absolute atomic E-state index is 0.128. The number of amides is 1. The molecule has 3 aromatic carbocycles. The van der Waals surface area contributed by atoms with Crippen LogP contribution in [0.5, 0.6) is 0 Å². The Bertz CT molecular complexity index is 1240. The van der Waals surface area contributed by atoms with Gasteiger partial charge in [-0.15, -0.1) is 10.2 Å². The fourth-order valence-corrected chi connectivity index (χ4v) is 4.07. The fourth-order valence-electron chi connectivity index (χ4n) is 2.88. The Morgan fingerprint density at radius 1 is 1.03 bits per heavy atom. The van der Waals surface area contributed by atoms with Crippen molar-refractivity contribution in [2.45, 2.75) is 5.16 Å². The molecule has 0 saturated heterocycles. The summed E-state index contributed by atoms with van der Waals surface area (Å²) in [6.07, 6.45) is 1.52. The molecule has 0 radical (unpaired) electrons. The average Bonchev–Trinajstić information content (AvgIpc) is 3.24. The van der Waals surface area contributed by atoms with Gasteiger partial charge in [-0.3, -0.25) is 9.36 Å². The number of rotatable bonds is 7. The largest absolute Gasteiger partial charge is 0.272 e. The monoisotopic (exact) mass is 525 g/mol. The standard InChI is InChI=1S/C23H17BrClN5OS/c24-18-10-12-19(13-11-18)30-22(16-6-2-1-3-7-16)28-29-23(30)32-15-21(31)27-26-14-17-8-4-5-9-20(17)25/h1-14H,15H2,(H,27,31)/b26-14-. The third-order valence-electron chi connectivity index (χ3n) is 4.38. The van der Waals surface area contributed by atoms with Crippen LogP contribution in [0.3, 0.4) is 0 Å². The van der Waals surface area contributed by atoms with Crippen molar-refractivity contribution in [2.75, 3.05) is 5.75 Å². The summed E-state index contributed by atoms with van der Waals surface area (Å²) in [6.45, 7) is 0. The van der Waals surface area contributed by atoms with E-state index in [0.717, 1.165) is 21.3 Å². The van der Waals surface area contributed by atoms with Gasteiger partial charge in [-0.2, -0.15) is 5.10 Å². The molecule has 0 bridgehead atoms. The lowest BCUT2D eigenvalue weighted by molar-refractivity contribution is -0.118. The van der Waals surface area contributed by atoms with Gasteiger partial charge in [-0.1, -0.05) is 87.8 Å². The van der Waals surface area contributed by atoms with E-state index < -0.39 is 0 Å². The van der Waals surface area contributed by atoms with E-state index in [1.807, 2.05) is 77.4 Å². The van der Waals surface area contributed by atoms with E-state index in [-0.39, 0.29) is 11.7 Å². The summed E-state index contributed by atoms with van der Waals surface area (Å²) in [6, 6.07) is 24.9. The summed E-state index contributed by atoms with van der Waals surface area (Å²) in [4.78, 5) is 12.3. The highest BCUT2D eigenvalue weighted by Crippen LogP contribution is 2.28. The number of benzene rings is 3. The molecule has 0 aliphatic rings. The molecule has 4 aromatic rings. The maximum absolute atomic E-state index is 12.3. The van der Waals surface area contributed by atoms with Gasteiger partial charge >= 0.3 is 0 Å². The molecule has 0 aliphatic heterocycles. The van der Waals surface area contributed by atoms with Gasteiger partial charge in [0.05, 0.1) is 12.0 Å². The van der Waals surface area contributed by atoms with E-state index in [2.05, 4.69) is 36.7 Å². The summed E-state index contributed by atoms with van der Waals surface area (Å²) in [5.41, 5.74) is 5.08. The Morgan fingerprint density at radius 3 is 2.50 bits per heavy atom. The van der Waals surface area contributed by atoms with Gasteiger partial charge in [0, 0.05) is 26.3 Å². The van der Waals surface area contributed by atoms with E-state index >= 15 is 0 Å². The van der Waals surface area contributed by atoms with Crippen LogP contribution in [-0.4, -0.2) is 32.6 Å². The summed E-state index contributed by atoms with van der Waals surface area (Å²) in [5.74, 6) is 0.570. The molecule has 160 valence electrons. The number of hydrazone groups is 1. The van der Waals surface area contributed by atoms with Crippen LogP contribution in [0.1, 0.15) is 5.56 Å². The number of halogens is 2. The number of nitrogens with one attached hydrogen (secondary N) is 1. The lowest BCUT2D eigenvalue weighted by atomic mass is 10.2. The predicted octanol–water partition coefficient (Wildman–Crippen LogP) is 5.59. The third-order valence-corrected chi connectivity index (χ3v) is 6.18. The van der Waals surface area contributed by atoms with E-state index in [0.29, 0.717) is 16.0 Å². The van der Waals surface area contributed by atoms with Crippen molar-refractivity contribution in [2.24, 2.45) is 5.10 Å². The Balaban J connectivity index is 1.51. The quantitative estimate of drug-likeness (QED) is 0.193. The van der Waals surface area contributed by atoms with Gasteiger partial charge in [0.1, 0.15) is 0 Å². The minimum Gasteiger partial charge on any atom is -0.272 e. The Hall–Kier alpha value is -2.94. The van der Waals surface area contributed by atoms with Gasteiger partial charge in [-0.05, 0) is 30.3 Å². The molecule has 0 unspecified atom stereocenters. The average molecular weight is 527 g/mol. The molecule has 4 rings (SSSR count). The maximum Gasteiger partial charge on any atom is 0.250 e. The van der Waals surface area contributed by atoms with Crippen LogP contribution in [0.25, 0.3) is 17.1 Å². The first-order valence-corrected chi connectivity index (χ1v) is 11.7. The van der Waals surface area contributed by atoms with Gasteiger partial charge in [0.15, 0.2) is 11.0 Å². The molecular weight excluding hydrogens is 510 g/mol. The van der Waals surface area contributed by atoms with E-state index in [4.69, 9.17) is 11.6 Å². The molecule has 6 nitrogen and oxygen atoms in total. The van der Waals surface area contributed by atoms with Crippen molar-refractivity contribution in [3.8, 4) is 17.1 Å². The van der Waals surface area contributed by atoms with Crippen molar-refractivity contribution >= 4 is 51.4 Å². The number of hydrogen-bond donors (Lipinski definition) is 1. The number of hydrogen-bond acceptors (Lipinski definition) is 5. The predicted molar refractivity (Wildman–Crippen MR) is 132 cm³/mol. The number of carbonyl (C=O) groups is 1. The van der Waals surface area contributed by atoms with Gasteiger partial charge in [0.2, 0.25) is 0 Å². The summed E-state index contributed by atoms with van der Waals surface area (Å²) in [5, 5.41) is 13.9. The second-order valence-electron chi connectivity index (χ2n) is 6.59. The zero-order chi connectivity index (χ0) is 22.3. The molecule has 0 saturated carbocycles. The highest BCUT2D eigenvalue weighted by Gasteiger charge is 2.17. The van der Waals surface area contributed by atoms with Gasteiger partial charge < -0.3 is 0 Å². The third kappa shape index (κ3) is 5.45. The molecule has 1 amide bonds. The van der Waals surface area contributed by atoms with Crippen LogP contribution in [0, 0.1) is 0 Å². The molecular formula is C23H17BrClN5OS. The van der Waals surface area contributed by atoms with Gasteiger partial charge in [-0.25, -0.2) is 5.43 Å². The lowest BCUT2D eigenvalue weighted by Crippen LogP contribution is -2.20. The van der Waals surface area contributed by atoms with E-state index in [1.54, 1.807) is 6.07 Å². The van der Waals surface area contributed by atoms with Crippen LogP contribution >= 0.6 is 39.3 Å². The number of thioether (sulfide) groups is 1. The Morgan fingerprint density at radius 2 is 1.75 bits per heavy atom. The van der Waals surface area contributed by atoms with Crippen molar-refractivity contribution < 1.29 is 4.79 Å². The minimum atomic E-state index is -0.259. The van der Waals surface area contributed by atoms with Crippen LogP contribution < -0.4 is 5.43 Å². The molecule has 0 atom stereocenters. The zero-order valence-electron chi connectivity index (χ0n) is 16.7. The summed E-state index contributed by atoms with van der Waals surface area (Å²) in [7, 11) is 0. The molecule has 0 aliphatic carbocycles. The second-order valence-corrected chi connectivity index (χ2v) is 8.85. The first-order valence-electron chi connectivity index (χ1n) is 9.58. The zero-order valence-corrected chi connectivity index (χ0v) is 19.8. The SMILES string of the molecule is O=C(CSc1nnc(-c2ccccc2)n1-c1ccc(Br)cc1)N/N=C\c1ccccc1Cl. The van der Waals surface area contributed by atoms with Crippen LogP contribution in [-0.2, 0) is 4.79 Å². The highest BCUT2D eigenvalue weighted by atomic mass is 79.9. The molecule has 1 heterocycles. The lowest BCUT2D eigenvalue weighted by Gasteiger charge is -2.10. The normalized spacial score (nSPS) is 11.1. The second kappa shape index (κ2) is 10.6. The van der Waals surface area contributed by atoms with Crippen molar-refractivity contribution in [1.29, 1.82) is 0 Å². The number of carbonyl (C=O) groups excluding carboxylic acids is 1. The molecule has 1 N–H and O–H groups in total.